The van der Waals surface area contributed by atoms with Crippen LogP contribution < -0.4 is 4.90 Å². The minimum atomic E-state index is -0.311. The number of carbonyl (C=O) groups excluding carboxylic acids is 2. The van der Waals surface area contributed by atoms with Crippen molar-refractivity contribution in [1.82, 2.24) is 0 Å². The third-order valence-corrected chi connectivity index (χ3v) is 7.10. The fourth-order valence-electron chi connectivity index (χ4n) is 3.58. The zero-order valence-electron chi connectivity index (χ0n) is 17.6. The molecule has 1 heterocycles. The highest BCUT2D eigenvalue weighted by Gasteiger charge is 2.41. The van der Waals surface area contributed by atoms with Crippen molar-refractivity contribution in [2.24, 2.45) is 0 Å². The van der Waals surface area contributed by atoms with E-state index in [4.69, 9.17) is 11.6 Å². The van der Waals surface area contributed by atoms with Gasteiger partial charge in [0.1, 0.15) is 0 Å². The predicted molar refractivity (Wildman–Crippen MR) is 129 cm³/mol. The van der Waals surface area contributed by atoms with Gasteiger partial charge in [0.05, 0.1) is 16.2 Å². The van der Waals surface area contributed by atoms with Crippen LogP contribution in [0.1, 0.15) is 27.8 Å². The Bertz CT molecular complexity index is 1220. The number of amides is 2. The molecule has 0 fully saturated rings. The van der Waals surface area contributed by atoms with Crippen LogP contribution in [0.15, 0.2) is 71.6 Å². The quantitative estimate of drug-likeness (QED) is 0.420. The van der Waals surface area contributed by atoms with Gasteiger partial charge in [0.2, 0.25) is 0 Å². The van der Waals surface area contributed by atoms with Crippen molar-refractivity contribution in [3.05, 3.63) is 104 Å². The van der Waals surface area contributed by atoms with Crippen molar-refractivity contribution in [1.29, 1.82) is 0 Å². The predicted octanol–water partition coefficient (Wildman–Crippen LogP) is 6.48. The number of carbonyl (C=O) groups is 2. The standard InChI is InChI=1S/C26H22ClNO2S/c1-16-12-13-20(14-17(16)2)23-24(31-15-19-8-5-4-6-9-19)26(30)28(25(23)29)22-11-7-10-21(27)18(22)3/h4-14H,15H2,1-3H3. The Labute approximate surface area is 191 Å². The van der Waals surface area contributed by atoms with Gasteiger partial charge in [0, 0.05) is 10.8 Å². The van der Waals surface area contributed by atoms with Crippen molar-refractivity contribution in [3.63, 3.8) is 0 Å². The Balaban J connectivity index is 1.80. The van der Waals surface area contributed by atoms with Gasteiger partial charge < -0.3 is 0 Å². The maximum atomic E-state index is 13.6. The van der Waals surface area contributed by atoms with Crippen LogP contribution in [0.25, 0.3) is 5.57 Å². The number of imide groups is 1. The average Bonchev–Trinajstić information content (AvgIpc) is 3.01. The summed E-state index contributed by atoms with van der Waals surface area (Å²) in [5, 5.41) is 0.524. The summed E-state index contributed by atoms with van der Waals surface area (Å²) >= 11 is 7.69. The van der Waals surface area contributed by atoms with E-state index in [1.807, 2.05) is 69.3 Å². The Morgan fingerprint density at radius 1 is 0.839 bits per heavy atom. The first-order valence-corrected chi connectivity index (χ1v) is 11.4. The molecular formula is C26H22ClNO2S. The van der Waals surface area contributed by atoms with Crippen LogP contribution in [0.4, 0.5) is 5.69 Å². The summed E-state index contributed by atoms with van der Waals surface area (Å²) in [6.07, 6.45) is 0. The molecular weight excluding hydrogens is 426 g/mol. The van der Waals surface area contributed by atoms with Gasteiger partial charge in [0.25, 0.3) is 11.8 Å². The number of aryl methyl sites for hydroxylation is 2. The second-order valence-electron chi connectivity index (χ2n) is 7.61. The van der Waals surface area contributed by atoms with Crippen LogP contribution >= 0.6 is 23.4 Å². The van der Waals surface area contributed by atoms with E-state index in [1.165, 1.54) is 16.7 Å². The van der Waals surface area contributed by atoms with Gasteiger partial charge in [-0.05, 0) is 60.7 Å². The van der Waals surface area contributed by atoms with Crippen molar-refractivity contribution in [3.8, 4) is 0 Å². The van der Waals surface area contributed by atoms with E-state index in [0.29, 0.717) is 32.5 Å². The first-order chi connectivity index (χ1) is 14.9. The number of nitrogens with zero attached hydrogens (tertiary/aromatic N) is 1. The SMILES string of the molecule is Cc1ccc(C2=C(SCc3ccccc3)C(=O)N(c3cccc(Cl)c3C)C2=O)cc1C. The van der Waals surface area contributed by atoms with E-state index < -0.39 is 0 Å². The molecule has 0 aromatic heterocycles. The molecule has 0 bridgehead atoms. The van der Waals surface area contributed by atoms with Gasteiger partial charge in [-0.1, -0.05) is 66.2 Å². The third kappa shape index (κ3) is 4.06. The monoisotopic (exact) mass is 447 g/mol. The lowest BCUT2D eigenvalue weighted by Crippen LogP contribution is -2.32. The number of halogens is 1. The van der Waals surface area contributed by atoms with Crippen LogP contribution in [0, 0.1) is 20.8 Å². The molecule has 0 atom stereocenters. The highest BCUT2D eigenvalue weighted by molar-refractivity contribution is 8.03. The highest BCUT2D eigenvalue weighted by atomic mass is 35.5. The molecule has 0 aliphatic carbocycles. The van der Waals surface area contributed by atoms with Crippen molar-refractivity contribution < 1.29 is 9.59 Å². The molecule has 0 saturated heterocycles. The lowest BCUT2D eigenvalue weighted by atomic mass is 10.0. The molecule has 1 aliphatic rings. The van der Waals surface area contributed by atoms with Crippen LogP contribution in [-0.2, 0) is 15.3 Å². The number of hydrogen-bond acceptors (Lipinski definition) is 3. The first kappa shape index (κ1) is 21.4. The molecule has 156 valence electrons. The van der Waals surface area contributed by atoms with E-state index in [0.717, 1.165) is 22.3 Å². The largest absolute Gasteiger partial charge is 0.272 e. The molecule has 0 spiro atoms. The van der Waals surface area contributed by atoms with Crippen LogP contribution in [0.2, 0.25) is 5.02 Å². The smallest absolute Gasteiger partial charge is 0.268 e. The number of anilines is 1. The maximum absolute atomic E-state index is 13.6. The van der Waals surface area contributed by atoms with Crippen molar-refractivity contribution >= 4 is 46.4 Å². The number of benzene rings is 3. The van der Waals surface area contributed by atoms with E-state index >= 15 is 0 Å². The van der Waals surface area contributed by atoms with E-state index in [1.54, 1.807) is 18.2 Å². The maximum Gasteiger partial charge on any atom is 0.272 e. The summed E-state index contributed by atoms with van der Waals surface area (Å²) in [4.78, 5) is 28.8. The lowest BCUT2D eigenvalue weighted by molar-refractivity contribution is -0.119. The Morgan fingerprint density at radius 2 is 1.58 bits per heavy atom. The average molecular weight is 448 g/mol. The molecule has 0 radical (unpaired) electrons. The molecule has 0 saturated carbocycles. The molecule has 3 nitrogen and oxygen atoms in total. The van der Waals surface area contributed by atoms with Crippen LogP contribution in [-0.4, -0.2) is 11.8 Å². The molecule has 4 rings (SSSR count). The summed E-state index contributed by atoms with van der Waals surface area (Å²) in [7, 11) is 0. The third-order valence-electron chi connectivity index (χ3n) is 5.54. The fraction of sp³-hybridized carbons (Fsp3) is 0.154. The molecule has 1 aliphatic heterocycles. The molecule has 3 aromatic carbocycles. The summed E-state index contributed by atoms with van der Waals surface area (Å²) in [5.41, 5.74) is 5.76. The second kappa shape index (κ2) is 8.74. The van der Waals surface area contributed by atoms with Gasteiger partial charge in [0.15, 0.2) is 0 Å². The number of hydrogen-bond donors (Lipinski definition) is 0. The van der Waals surface area contributed by atoms with Crippen LogP contribution in [0.3, 0.4) is 0 Å². The van der Waals surface area contributed by atoms with Gasteiger partial charge in [-0.3, -0.25) is 9.59 Å². The summed E-state index contributed by atoms with van der Waals surface area (Å²) in [5.74, 6) is -0.00923. The topological polar surface area (TPSA) is 37.4 Å². The zero-order chi connectivity index (χ0) is 22.1. The van der Waals surface area contributed by atoms with Gasteiger partial charge in [-0.25, -0.2) is 4.90 Å². The molecule has 31 heavy (non-hydrogen) atoms. The fourth-order valence-corrected chi connectivity index (χ4v) is 4.82. The van der Waals surface area contributed by atoms with E-state index in [-0.39, 0.29) is 11.8 Å². The molecule has 5 heteroatoms. The van der Waals surface area contributed by atoms with E-state index in [9.17, 15) is 9.59 Å². The summed E-state index contributed by atoms with van der Waals surface area (Å²) < 4.78 is 0. The molecule has 3 aromatic rings. The molecule has 0 unspecified atom stereocenters. The summed E-state index contributed by atoms with van der Waals surface area (Å²) in [6.45, 7) is 5.86. The normalized spacial score (nSPS) is 14.0. The van der Waals surface area contributed by atoms with Crippen LogP contribution in [0.5, 0.6) is 0 Å². The Morgan fingerprint density at radius 3 is 2.29 bits per heavy atom. The lowest BCUT2D eigenvalue weighted by Gasteiger charge is -2.18. The van der Waals surface area contributed by atoms with Gasteiger partial charge in [-0.2, -0.15) is 0 Å². The van der Waals surface area contributed by atoms with E-state index in [2.05, 4.69) is 0 Å². The molecule has 0 N–H and O–H groups in total. The first-order valence-electron chi connectivity index (χ1n) is 10.0. The zero-order valence-corrected chi connectivity index (χ0v) is 19.2. The number of rotatable bonds is 5. The van der Waals surface area contributed by atoms with Crippen molar-refractivity contribution in [2.75, 3.05) is 4.90 Å². The minimum Gasteiger partial charge on any atom is -0.268 e. The Kier molecular flexibility index (Phi) is 6.03. The van der Waals surface area contributed by atoms with Gasteiger partial charge >= 0.3 is 0 Å². The minimum absolute atomic E-state index is 0.301. The van der Waals surface area contributed by atoms with Gasteiger partial charge in [-0.15, -0.1) is 11.8 Å². The number of thioether (sulfide) groups is 1. The van der Waals surface area contributed by atoms with Crippen molar-refractivity contribution in [2.45, 2.75) is 26.5 Å². The molecule has 2 amide bonds. The second-order valence-corrected chi connectivity index (χ2v) is 9.00. The highest BCUT2D eigenvalue weighted by Crippen LogP contribution is 2.41. The summed E-state index contributed by atoms with van der Waals surface area (Å²) in [6, 6.07) is 21.1. The Hall–Kier alpha value is -2.82.